The van der Waals surface area contributed by atoms with Gasteiger partial charge in [-0.2, -0.15) is 4.68 Å². The monoisotopic (exact) mass is 443 g/mol. The Hall–Kier alpha value is -2.77. The number of hydrogen-bond donors (Lipinski definition) is 0. The Morgan fingerprint density at radius 3 is 2.35 bits per heavy atom. The van der Waals surface area contributed by atoms with Crippen molar-refractivity contribution in [3.8, 4) is 23.3 Å². The van der Waals surface area contributed by atoms with Crippen molar-refractivity contribution in [1.29, 1.82) is 0 Å². The molecule has 2 atom stereocenters. The minimum absolute atomic E-state index is 0.141. The SMILES string of the molecule is CC1CC(C)CN(CCOc2ccc(-n3nc(Oc4ccc(Cl)cc4)oc3=O)cc2)C1. The van der Waals surface area contributed by atoms with Crippen molar-refractivity contribution in [3.63, 3.8) is 0 Å². The molecule has 1 aliphatic heterocycles. The summed E-state index contributed by atoms with van der Waals surface area (Å²) in [4.78, 5) is 14.6. The molecule has 164 valence electrons. The van der Waals surface area contributed by atoms with Gasteiger partial charge in [-0.05, 0) is 66.8 Å². The van der Waals surface area contributed by atoms with Crippen molar-refractivity contribution in [3.05, 3.63) is 64.1 Å². The van der Waals surface area contributed by atoms with E-state index in [0.717, 1.165) is 41.9 Å². The fourth-order valence-corrected chi connectivity index (χ4v) is 4.15. The van der Waals surface area contributed by atoms with Gasteiger partial charge in [0.25, 0.3) is 0 Å². The summed E-state index contributed by atoms with van der Waals surface area (Å²) < 4.78 is 17.6. The predicted molar refractivity (Wildman–Crippen MR) is 119 cm³/mol. The minimum atomic E-state index is -0.633. The molecule has 0 saturated carbocycles. The number of hydrogen-bond acceptors (Lipinski definition) is 6. The molecule has 1 fully saturated rings. The summed E-state index contributed by atoms with van der Waals surface area (Å²) in [5.41, 5.74) is 0.561. The van der Waals surface area contributed by atoms with E-state index in [2.05, 4.69) is 23.8 Å². The first-order valence-electron chi connectivity index (χ1n) is 10.5. The van der Waals surface area contributed by atoms with Crippen molar-refractivity contribution >= 4 is 11.6 Å². The van der Waals surface area contributed by atoms with E-state index in [1.807, 2.05) is 12.1 Å². The number of benzene rings is 2. The van der Waals surface area contributed by atoms with E-state index < -0.39 is 5.76 Å². The number of aromatic nitrogens is 2. The second-order valence-corrected chi connectivity index (χ2v) is 8.59. The molecule has 0 spiro atoms. The first-order chi connectivity index (χ1) is 15.0. The van der Waals surface area contributed by atoms with Crippen molar-refractivity contribution < 1.29 is 13.9 Å². The van der Waals surface area contributed by atoms with Crippen LogP contribution in [0, 0.1) is 11.8 Å². The molecule has 2 heterocycles. The molecule has 1 aliphatic rings. The second kappa shape index (κ2) is 9.58. The molecule has 1 aromatic heterocycles. The lowest BCUT2D eigenvalue weighted by molar-refractivity contribution is 0.120. The Morgan fingerprint density at radius 1 is 1.03 bits per heavy atom. The number of likely N-dealkylation sites (tertiary alicyclic amines) is 1. The van der Waals surface area contributed by atoms with E-state index in [1.54, 1.807) is 36.4 Å². The molecule has 8 heteroatoms. The third-order valence-electron chi connectivity index (χ3n) is 5.25. The van der Waals surface area contributed by atoms with Crippen LogP contribution >= 0.6 is 11.6 Å². The molecule has 2 aromatic carbocycles. The summed E-state index contributed by atoms with van der Waals surface area (Å²) in [6, 6.07) is 13.8. The van der Waals surface area contributed by atoms with E-state index in [9.17, 15) is 4.79 Å². The van der Waals surface area contributed by atoms with Crippen LogP contribution in [0.25, 0.3) is 5.69 Å². The van der Waals surface area contributed by atoms with Gasteiger partial charge in [-0.3, -0.25) is 4.90 Å². The smallest absolute Gasteiger partial charge is 0.444 e. The van der Waals surface area contributed by atoms with Crippen LogP contribution < -0.4 is 15.2 Å². The molecule has 4 rings (SSSR count). The molecule has 0 aliphatic carbocycles. The fraction of sp³-hybridized carbons (Fsp3) is 0.391. The van der Waals surface area contributed by atoms with Gasteiger partial charge < -0.3 is 13.9 Å². The normalized spacial score (nSPS) is 19.3. The molecule has 0 bridgehead atoms. The molecule has 0 amide bonds. The van der Waals surface area contributed by atoms with Gasteiger partial charge in [0.1, 0.15) is 18.1 Å². The summed E-state index contributed by atoms with van der Waals surface area (Å²) in [5.74, 6) is 2.05. The summed E-state index contributed by atoms with van der Waals surface area (Å²) in [5, 5.41) is 4.68. The summed E-state index contributed by atoms with van der Waals surface area (Å²) >= 11 is 5.86. The number of ether oxygens (including phenoxy) is 2. The molecule has 7 nitrogen and oxygen atoms in total. The van der Waals surface area contributed by atoms with Crippen molar-refractivity contribution in [2.45, 2.75) is 20.3 Å². The van der Waals surface area contributed by atoms with Crippen LogP contribution in [0.2, 0.25) is 5.02 Å². The summed E-state index contributed by atoms with van der Waals surface area (Å²) in [7, 11) is 0. The Balaban J connectivity index is 1.34. The maximum atomic E-state index is 12.2. The Kier molecular flexibility index (Phi) is 6.63. The third kappa shape index (κ3) is 5.68. The largest absolute Gasteiger partial charge is 0.492 e. The molecule has 2 unspecified atom stereocenters. The van der Waals surface area contributed by atoms with Gasteiger partial charge in [0, 0.05) is 24.7 Å². The van der Waals surface area contributed by atoms with Crippen molar-refractivity contribution in [2.24, 2.45) is 11.8 Å². The molecule has 0 N–H and O–H groups in total. The van der Waals surface area contributed by atoms with Crippen LogP contribution in [-0.4, -0.2) is 40.9 Å². The average molecular weight is 444 g/mol. The Bertz CT molecular complexity index is 1040. The van der Waals surface area contributed by atoms with E-state index in [4.69, 9.17) is 25.5 Å². The number of rotatable bonds is 7. The van der Waals surface area contributed by atoms with Crippen LogP contribution in [0.3, 0.4) is 0 Å². The van der Waals surface area contributed by atoms with Gasteiger partial charge in [0.2, 0.25) is 0 Å². The lowest BCUT2D eigenvalue weighted by Crippen LogP contribution is -2.40. The zero-order chi connectivity index (χ0) is 21.8. The quantitative estimate of drug-likeness (QED) is 0.530. The minimum Gasteiger partial charge on any atom is -0.492 e. The summed E-state index contributed by atoms with van der Waals surface area (Å²) in [6.07, 6.45) is 1.16. The highest BCUT2D eigenvalue weighted by molar-refractivity contribution is 6.30. The van der Waals surface area contributed by atoms with Crippen LogP contribution in [0.1, 0.15) is 20.3 Å². The van der Waals surface area contributed by atoms with E-state index >= 15 is 0 Å². The molecule has 31 heavy (non-hydrogen) atoms. The van der Waals surface area contributed by atoms with Crippen LogP contribution in [0.4, 0.5) is 0 Å². The van der Waals surface area contributed by atoms with Gasteiger partial charge >= 0.3 is 11.8 Å². The average Bonchev–Trinajstić information content (AvgIpc) is 3.09. The predicted octanol–water partition coefficient (Wildman–Crippen LogP) is 4.63. The number of nitrogens with zero attached hydrogens (tertiary/aromatic N) is 3. The molecular weight excluding hydrogens is 418 g/mol. The van der Waals surface area contributed by atoms with Gasteiger partial charge in [-0.15, -0.1) is 0 Å². The van der Waals surface area contributed by atoms with Gasteiger partial charge in [-0.25, -0.2) is 4.79 Å². The van der Waals surface area contributed by atoms with Crippen LogP contribution in [0.5, 0.6) is 17.6 Å². The highest BCUT2D eigenvalue weighted by Crippen LogP contribution is 2.22. The highest BCUT2D eigenvalue weighted by atomic mass is 35.5. The zero-order valence-corrected chi connectivity index (χ0v) is 18.4. The number of halogens is 1. The second-order valence-electron chi connectivity index (χ2n) is 8.15. The summed E-state index contributed by atoms with van der Waals surface area (Å²) in [6.45, 7) is 8.40. The standard InChI is InChI=1S/C23H26ClN3O4/c1-16-13-17(2)15-26(14-16)11-12-29-20-9-5-19(6-10-20)27-23(28)31-22(25-27)30-21-7-3-18(24)4-8-21/h3-10,16-17H,11-15H2,1-2H3. The molecule has 0 radical (unpaired) electrons. The van der Waals surface area contributed by atoms with Crippen molar-refractivity contribution in [1.82, 2.24) is 14.7 Å². The topological polar surface area (TPSA) is 69.7 Å². The van der Waals surface area contributed by atoms with Gasteiger partial charge in [0.15, 0.2) is 0 Å². The molecular formula is C23H26ClN3O4. The lowest BCUT2D eigenvalue weighted by atomic mass is 9.92. The van der Waals surface area contributed by atoms with E-state index in [1.165, 1.54) is 6.42 Å². The van der Waals surface area contributed by atoms with Crippen LogP contribution in [-0.2, 0) is 0 Å². The Labute approximate surface area is 186 Å². The van der Waals surface area contributed by atoms with Gasteiger partial charge in [-0.1, -0.05) is 30.5 Å². The van der Waals surface area contributed by atoms with E-state index in [-0.39, 0.29) is 6.08 Å². The lowest BCUT2D eigenvalue weighted by Gasteiger charge is -2.34. The van der Waals surface area contributed by atoms with Crippen LogP contribution in [0.15, 0.2) is 57.7 Å². The first-order valence-corrected chi connectivity index (χ1v) is 10.8. The zero-order valence-electron chi connectivity index (χ0n) is 17.7. The Morgan fingerprint density at radius 2 is 1.68 bits per heavy atom. The molecule has 3 aromatic rings. The molecule has 1 saturated heterocycles. The number of piperidine rings is 1. The van der Waals surface area contributed by atoms with E-state index in [0.29, 0.717) is 23.1 Å². The highest BCUT2D eigenvalue weighted by Gasteiger charge is 2.21. The third-order valence-corrected chi connectivity index (χ3v) is 5.50. The van der Waals surface area contributed by atoms with Gasteiger partial charge in [0.05, 0.1) is 5.69 Å². The maximum Gasteiger partial charge on any atom is 0.444 e. The first kappa shape index (κ1) is 21.5. The fourth-order valence-electron chi connectivity index (χ4n) is 4.02. The maximum absolute atomic E-state index is 12.2. The van der Waals surface area contributed by atoms with Crippen molar-refractivity contribution in [2.75, 3.05) is 26.2 Å².